The predicted octanol–water partition coefficient (Wildman–Crippen LogP) is 3.36. The molecule has 1 N–H and O–H groups in total. The van der Waals surface area contributed by atoms with Crippen LogP contribution in [0.4, 0.5) is 5.69 Å². The fraction of sp³-hybridized carbons (Fsp3) is 0.353. The van der Waals surface area contributed by atoms with Crippen molar-refractivity contribution in [3.05, 3.63) is 34.9 Å². The van der Waals surface area contributed by atoms with Crippen LogP contribution in [0.25, 0.3) is 10.8 Å². The van der Waals surface area contributed by atoms with Crippen LogP contribution in [-0.2, 0) is 9.31 Å². The molecule has 0 bridgehead atoms. The number of carbonyl (C=O) groups excluding carboxylic acids is 1. The molecule has 2 aliphatic rings. The summed E-state index contributed by atoms with van der Waals surface area (Å²) < 4.78 is 12.3. The maximum Gasteiger partial charge on any atom is 0.495 e. The molecule has 4 nitrogen and oxygen atoms in total. The second-order valence-corrected chi connectivity index (χ2v) is 7.56. The smallest absolute Gasteiger partial charge is 0.399 e. The van der Waals surface area contributed by atoms with Crippen LogP contribution in [0, 0.1) is 0 Å². The molecule has 1 saturated heterocycles. The average molecular weight is 330 g/mol. The highest BCUT2D eigenvalue weighted by Gasteiger charge is 2.52. The first-order chi connectivity index (χ1) is 10.7. The van der Waals surface area contributed by atoms with Crippen molar-refractivity contribution in [2.45, 2.75) is 38.9 Å². The van der Waals surface area contributed by atoms with E-state index >= 15 is 0 Å². The zero-order chi connectivity index (χ0) is 16.6. The third-order valence-corrected chi connectivity index (χ3v) is 5.33. The number of amides is 1. The van der Waals surface area contributed by atoms with Gasteiger partial charge in [-0.15, -0.1) is 0 Å². The van der Waals surface area contributed by atoms with Crippen LogP contribution in [-0.4, -0.2) is 24.2 Å². The van der Waals surface area contributed by atoms with Gasteiger partial charge in [0, 0.05) is 16.1 Å². The Balaban J connectivity index is 1.92. The number of hydrogen-bond donors (Lipinski definition) is 1. The van der Waals surface area contributed by atoms with E-state index in [0.29, 0.717) is 10.6 Å². The number of benzene rings is 2. The Labute approximate surface area is 140 Å². The molecule has 0 aromatic heterocycles. The number of halogens is 1. The molecule has 0 unspecified atom stereocenters. The van der Waals surface area contributed by atoms with Crippen LogP contribution in [0.1, 0.15) is 38.1 Å². The lowest BCUT2D eigenvalue weighted by molar-refractivity contribution is 0.00578. The number of hydrogen-bond acceptors (Lipinski definition) is 3. The van der Waals surface area contributed by atoms with Crippen LogP contribution >= 0.6 is 11.6 Å². The summed E-state index contributed by atoms with van der Waals surface area (Å²) in [6.45, 7) is 8.08. The molecule has 0 atom stereocenters. The third-order valence-electron chi connectivity index (χ3n) is 5.11. The van der Waals surface area contributed by atoms with Gasteiger partial charge in [-0.2, -0.15) is 0 Å². The molecule has 6 heteroatoms. The SMILES string of the molecule is CC1(C)OB(c2ccc3c4c(cc(Cl)cc24)C(=O)N3)OC1(C)C. The predicted molar refractivity (Wildman–Crippen MR) is 92.6 cm³/mol. The van der Waals surface area contributed by atoms with Crippen molar-refractivity contribution in [3.63, 3.8) is 0 Å². The first-order valence-electron chi connectivity index (χ1n) is 7.63. The lowest BCUT2D eigenvalue weighted by Crippen LogP contribution is -2.41. The van der Waals surface area contributed by atoms with Crippen molar-refractivity contribution in [3.8, 4) is 0 Å². The van der Waals surface area contributed by atoms with Gasteiger partial charge in [-0.3, -0.25) is 4.79 Å². The topological polar surface area (TPSA) is 47.6 Å². The molecule has 23 heavy (non-hydrogen) atoms. The largest absolute Gasteiger partial charge is 0.495 e. The Hall–Kier alpha value is -1.56. The van der Waals surface area contributed by atoms with Crippen molar-refractivity contribution in [1.29, 1.82) is 0 Å². The maximum absolute atomic E-state index is 12.1. The summed E-state index contributed by atoms with van der Waals surface area (Å²) in [6, 6.07) is 7.39. The van der Waals surface area contributed by atoms with E-state index in [0.717, 1.165) is 21.9 Å². The second-order valence-electron chi connectivity index (χ2n) is 7.12. The van der Waals surface area contributed by atoms with Crippen LogP contribution in [0.3, 0.4) is 0 Å². The number of nitrogens with one attached hydrogen (secondary N) is 1. The van der Waals surface area contributed by atoms with Crippen LogP contribution in [0.5, 0.6) is 0 Å². The summed E-state index contributed by atoms with van der Waals surface area (Å²) in [5.74, 6) is -0.126. The van der Waals surface area contributed by atoms with Crippen LogP contribution in [0.2, 0.25) is 5.02 Å². The summed E-state index contributed by atoms with van der Waals surface area (Å²) in [7, 11) is -0.490. The summed E-state index contributed by atoms with van der Waals surface area (Å²) in [5, 5.41) is 5.17. The summed E-state index contributed by atoms with van der Waals surface area (Å²) in [4.78, 5) is 12.1. The average Bonchev–Trinajstić information content (AvgIpc) is 2.85. The molecule has 1 fully saturated rings. The molecule has 2 aliphatic heterocycles. The summed E-state index contributed by atoms with van der Waals surface area (Å²) >= 11 is 6.22. The van der Waals surface area contributed by atoms with Gasteiger partial charge in [0.25, 0.3) is 5.91 Å². The van der Waals surface area contributed by atoms with Gasteiger partial charge in [-0.1, -0.05) is 17.7 Å². The molecule has 4 rings (SSSR count). The fourth-order valence-electron chi connectivity index (χ4n) is 3.12. The van der Waals surface area contributed by atoms with E-state index < -0.39 is 18.3 Å². The monoisotopic (exact) mass is 329 g/mol. The highest BCUT2D eigenvalue weighted by molar-refractivity contribution is 6.65. The normalized spacial score (nSPS) is 21.1. The summed E-state index contributed by atoms with van der Waals surface area (Å²) in [5.41, 5.74) is 1.46. The lowest BCUT2D eigenvalue weighted by atomic mass is 9.75. The van der Waals surface area contributed by atoms with E-state index in [-0.39, 0.29) is 5.91 Å². The minimum absolute atomic E-state index is 0.126. The number of rotatable bonds is 1. The lowest BCUT2D eigenvalue weighted by Gasteiger charge is -2.32. The molecule has 0 spiro atoms. The first kappa shape index (κ1) is 15.0. The standard InChI is InChI=1S/C17H17BClNO3/c1-16(2)17(3,4)23-18(22-16)12-5-6-13-14-10(12)7-9(19)8-11(14)15(21)20-13/h5-8H,1-4H3,(H,20,21). The first-order valence-corrected chi connectivity index (χ1v) is 8.00. The van der Waals surface area contributed by atoms with Crippen molar-refractivity contribution in [1.82, 2.24) is 0 Å². The van der Waals surface area contributed by atoms with E-state index in [4.69, 9.17) is 20.9 Å². The fourth-order valence-corrected chi connectivity index (χ4v) is 3.34. The van der Waals surface area contributed by atoms with Gasteiger partial charge < -0.3 is 14.6 Å². The van der Waals surface area contributed by atoms with Gasteiger partial charge in [-0.25, -0.2) is 0 Å². The van der Waals surface area contributed by atoms with Gasteiger partial charge in [0.15, 0.2) is 0 Å². The minimum Gasteiger partial charge on any atom is -0.399 e. The Morgan fingerprint density at radius 1 is 1.09 bits per heavy atom. The minimum atomic E-state index is -0.490. The Morgan fingerprint density at radius 3 is 2.39 bits per heavy atom. The molecule has 0 radical (unpaired) electrons. The molecule has 0 aliphatic carbocycles. The van der Waals surface area contributed by atoms with E-state index in [1.165, 1.54) is 0 Å². The molecule has 1 amide bonds. The van der Waals surface area contributed by atoms with E-state index in [2.05, 4.69) is 5.32 Å². The van der Waals surface area contributed by atoms with Crippen molar-refractivity contribution < 1.29 is 14.1 Å². The number of anilines is 1. The number of carbonyl (C=O) groups is 1. The highest BCUT2D eigenvalue weighted by atomic mass is 35.5. The van der Waals surface area contributed by atoms with Gasteiger partial charge in [0.05, 0.1) is 16.8 Å². The van der Waals surface area contributed by atoms with Crippen molar-refractivity contribution in [2.75, 3.05) is 5.32 Å². The zero-order valence-electron chi connectivity index (χ0n) is 13.5. The maximum atomic E-state index is 12.1. The van der Waals surface area contributed by atoms with Crippen LogP contribution in [0.15, 0.2) is 24.3 Å². The zero-order valence-corrected chi connectivity index (χ0v) is 14.2. The summed E-state index contributed by atoms with van der Waals surface area (Å²) in [6.07, 6.45) is 0. The quantitative estimate of drug-likeness (QED) is 0.816. The Morgan fingerprint density at radius 2 is 1.74 bits per heavy atom. The van der Waals surface area contributed by atoms with Crippen molar-refractivity contribution in [2.24, 2.45) is 0 Å². The molecule has 2 aromatic rings. The molecule has 118 valence electrons. The van der Waals surface area contributed by atoms with E-state index in [1.807, 2.05) is 45.9 Å². The molecule has 0 saturated carbocycles. The van der Waals surface area contributed by atoms with Gasteiger partial charge >= 0.3 is 7.12 Å². The van der Waals surface area contributed by atoms with E-state index in [1.54, 1.807) is 6.07 Å². The third kappa shape index (κ3) is 2.04. The van der Waals surface area contributed by atoms with Gasteiger partial charge in [0.1, 0.15) is 0 Å². The second kappa shape index (κ2) is 4.50. The molecular weight excluding hydrogens is 312 g/mol. The van der Waals surface area contributed by atoms with Gasteiger partial charge in [-0.05, 0) is 56.7 Å². The Bertz CT molecular complexity index is 847. The molecule has 2 aromatic carbocycles. The molecular formula is C17H17BClNO3. The molecule has 2 heterocycles. The highest BCUT2D eigenvalue weighted by Crippen LogP contribution is 2.39. The van der Waals surface area contributed by atoms with E-state index in [9.17, 15) is 4.79 Å². The Kier molecular flexibility index (Phi) is 2.94. The van der Waals surface area contributed by atoms with Gasteiger partial charge in [0.2, 0.25) is 0 Å². The van der Waals surface area contributed by atoms with Crippen LogP contribution < -0.4 is 10.8 Å². The van der Waals surface area contributed by atoms with Crippen molar-refractivity contribution >= 4 is 46.5 Å².